The van der Waals surface area contributed by atoms with Gasteiger partial charge in [0.15, 0.2) is 0 Å². The Labute approximate surface area is 174 Å². The van der Waals surface area contributed by atoms with E-state index in [4.69, 9.17) is 0 Å². The molecule has 2 saturated carbocycles. The van der Waals surface area contributed by atoms with Gasteiger partial charge in [-0.1, -0.05) is 38.8 Å². The first-order valence-corrected chi connectivity index (χ1v) is 11.5. The fourth-order valence-electron chi connectivity index (χ4n) is 4.93. The Morgan fingerprint density at radius 3 is 2.10 bits per heavy atom. The fourth-order valence-corrected chi connectivity index (χ4v) is 4.93. The highest BCUT2D eigenvalue weighted by molar-refractivity contribution is 5.95. The van der Waals surface area contributed by atoms with E-state index >= 15 is 0 Å². The van der Waals surface area contributed by atoms with Crippen molar-refractivity contribution in [2.24, 2.45) is 11.8 Å². The van der Waals surface area contributed by atoms with Crippen LogP contribution in [0.3, 0.4) is 0 Å². The van der Waals surface area contributed by atoms with Crippen LogP contribution < -0.4 is 5.32 Å². The highest BCUT2D eigenvalue weighted by Gasteiger charge is 2.39. The first-order chi connectivity index (χ1) is 14.0. The van der Waals surface area contributed by atoms with Gasteiger partial charge in [0, 0.05) is 37.8 Å². The Morgan fingerprint density at radius 1 is 0.931 bits per heavy atom. The standard InChI is InChI=1S/C24H35N3O2/c1-17(2)18-9-11-21(12-10-18)25-23(28)22(19-5-3-4-6-19)26-13-15-27(16-14-26)24(29)20-7-8-20/h9-12,17,19-20,22H,3-8,13-16H2,1-2H3,(H,25,28)/t22-/m0/s1. The van der Waals surface area contributed by atoms with E-state index in [1.807, 2.05) is 17.0 Å². The van der Waals surface area contributed by atoms with E-state index in [2.05, 4.69) is 36.2 Å². The van der Waals surface area contributed by atoms with Crippen LogP contribution in [0.1, 0.15) is 63.9 Å². The minimum absolute atomic E-state index is 0.0829. The SMILES string of the molecule is CC(C)c1ccc(NC(=O)[C@H](C2CCCC2)N2CCN(C(=O)C3CC3)CC2)cc1. The lowest BCUT2D eigenvalue weighted by atomic mass is 9.94. The van der Waals surface area contributed by atoms with Gasteiger partial charge in [-0.3, -0.25) is 14.5 Å². The molecular formula is C24H35N3O2. The van der Waals surface area contributed by atoms with Crippen molar-refractivity contribution in [3.05, 3.63) is 29.8 Å². The smallest absolute Gasteiger partial charge is 0.242 e. The van der Waals surface area contributed by atoms with E-state index in [1.165, 1.54) is 18.4 Å². The second-order valence-electron chi connectivity index (χ2n) is 9.39. The van der Waals surface area contributed by atoms with E-state index in [1.54, 1.807) is 0 Å². The minimum Gasteiger partial charge on any atom is -0.340 e. The van der Waals surface area contributed by atoms with Gasteiger partial charge in [-0.2, -0.15) is 0 Å². The van der Waals surface area contributed by atoms with E-state index in [0.29, 0.717) is 17.7 Å². The molecule has 2 amide bonds. The van der Waals surface area contributed by atoms with Crippen molar-refractivity contribution < 1.29 is 9.59 Å². The Kier molecular flexibility index (Phi) is 6.23. The average Bonchev–Trinajstić information content (AvgIpc) is 3.44. The molecule has 1 atom stereocenters. The number of amides is 2. The zero-order valence-electron chi connectivity index (χ0n) is 17.9. The molecule has 158 valence electrons. The number of rotatable bonds is 6. The molecule has 0 unspecified atom stereocenters. The van der Waals surface area contributed by atoms with E-state index < -0.39 is 0 Å². The highest BCUT2D eigenvalue weighted by Crippen LogP contribution is 2.33. The number of piperazine rings is 1. The summed E-state index contributed by atoms with van der Waals surface area (Å²) in [6, 6.07) is 8.16. The van der Waals surface area contributed by atoms with Crippen molar-refractivity contribution >= 4 is 17.5 Å². The summed E-state index contributed by atoms with van der Waals surface area (Å²) in [5, 5.41) is 3.18. The maximum atomic E-state index is 13.3. The second kappa shape index (κ2) is 8.86. The topological polar surface area (TPSA) is 52.7 Å². The van der Waals surface area contributed by atoms with Gasteiger partial charge in [-0.05, 0) is 55.2 Å². The maximum Gasteiger partial charge on any atom is 0.242 e. The van der Waals surface area contributed by atoms with Gasteiger partial charge in [0.25, 0.3) is 0 Å². The molecule has 1 aromatic rings. The van der Waals surface area contributed by atoms with Crippen LogP contribution in [-0.2, 0) is 9.59 Å². The summed E-state index contributed by atoms with van der Waals surface area (Å²) >= 11 is 0. The third-order valence-electron chi connectivity index (χ3n) is 6.91. The number of hydrogen-bond acceptors (Lipinski definition) is 3. The molecule has 1 aliphatic heterocycles. The molecule has 5 nitrogen and oxygen atoms in total. The van der Waals surface area contributed by atoms with Crippen LogP contribution in [0.4, 0.5) is 5.69 Å². The van der Waals surface area contributed by atoms with Crippen LogP contribution >= 0.6 is 0 Å². The molecule has 1 heterocycles. The molecule has 1 N–H and O–H groups in total. The van der Waals surface area contributed by atoms with Gasteiger partial charge in [0.1, 0.15) is 0 Å². The number of nitrogens with one attached hydrogen (secondary N) is 1. The molecule has 5 heteroatoms. The van der Waals surface area contributed by atoms with Crippen molar-refractivity contribution in [2.75, 3.05) is 31.5 Å². The Hall–Kier alpha value is -1.88. The largest absolute Gasteiger partial charge is 0.340 e. The summed E-state index contributed by atoms with van der Waals surface area (Å²) < 4.78 is 0. The van der Waals surface area contributed by atoms with Gasteiger partial charge in [-0.15, -0.1) is 0 Å². The first kappa shape index (κ1) is 20.4. The minimum atomic E-state index is -0.0829. The normalized spacial score (nSPS) is 22.1. The summed E-state index contributed by atoms with van der Waals surface area (Å²) in [5.41, 5.74) is 2.16. The maximum absolute atomic E-state index is 13.3. The van der Waals surface area contributed by atoms with Gasteiger partial charge in [0.05, 0.1) is 6.04 Å². The molecule has 0 aromatic heterocycles. The van der Waals surface area contributed by atoms with Crippen molar-refractivity contribution in [1.29, 1.82) is 0 Å². The van der Waals surface area contributed by atoms with E-state index in [0.717, 1.165) is 57.5 Å². The Balaban J connectivity index is 1.41. The number of benzene rings is 1. The van der Waals surface area contributed by atoms with Crippen molar-refractivity contribution in [1.82, 2.24) is 9.80 Å². The predicted molar refractivity (Wildman–Crippen MR) is 116 cm³/mol. The number of hydrogen-bond donors (Lipinski definition) is 1. The third-order valence-corrected chi connectivity index (χ3v) is 6.91. The highest BCUT2D eigenvalue weighted by atomic mass is 16.2. The number of carbonyl (C=O) groups is 2. The summed E-state index contributed by atoms with van der Waals surface area (Å²) in [4.78, 5) is 30.0. The molecule has 1 aromatic carbocycles. The molecule has 0 spiro atoms. The van der Waals surface area contributed by atoms with Gasteiger partial charge < -0.3 is 10.2 Å². The lowest BCUT2D eigenvalue weighted by Gasteiger charge is -2.40. The molecular weight excluding hydrogens is 362 g/mol. The van der Waals surface area contributed by atoms with E-state index in [-0.39, 0.29) is 17.9 Å². The molecule has 3 aliphatic rings. The van der Waals surface area contributed by atoms with Gasteiger partial charge in [-0.25, -0.2) is 0 Å². The summed E-state index contributed by atoms with van der Waals surface area (Å²) in [6.45, 7) is 7.48. The summed E-state index contributed by atoms with van der Waals surface area (Å²) in [7, 11) is 0. The Morgan fingerprint density at radius 2 is 1.55 bits per heavy atom. The van der Waals surface area contributed by atoms with Crippen LogP contribution in [0, 0.1) is 11.8 Å². The summed E-state index contributed by atoms with van der Waals surface area (Å²) in [5.74, 6) is 1.65. The van der Waals surface area contributed by atoms with Crippen LogP contribution in [-0.4, -0.2) is 53.8 Å². The molecule has 1 saturated heterocycles. The number of carbonyl (C=O) groups excluding carboxylic acids is 2. The molecule has 3 fully saturated rings. The number of nitrogens with zero attached hydrogens (tertiary/aromatic N) is 2. The van der Waals surface area contributed by atoms with Crippen LogP contribution in [0.15, 0.2) is 24.3 Å². The van der Waals surface area contributed by atoms with Gasteiger partial charge in [0.2, 0.25) is 11.8 Å². The predicted octanol–water partition coefficient (Wildman–Crippen LogP) is 3.86. The zero-order valence-corrected chi connectivity index (χ0v) is 17.9. The second-order valence-corrected chi connectivity index (χ2v) is 9.39. The average molecular weight is 398 g/mol. The quantitative estimate of drug-likeness (QED) is 0.793. The van der Waals surface area contributed by atoms with Crippen LogP contribution in [0.25, 0.3) is 0 Å². The lowest BCUT2D eigenvalue weighted by molar-refractivity contribution is -0.135. The van der Waals surface area contributed by atoms with Crippen LogP contribution in [0.5, 0.6) is 0 Å². The third kappa shape index (κ3) is 4.82. The molecule has 0 bridgehead atoms. The van der Waals surface area contributed by atoms with Gasteiger partial charge >= 0.3 is 0 Å². The molecule has 2 aliphatic carbocycles. The first-order valence-electron chi connectivity index (χ1n) is 11.5. The van der Waals surface area contributed by atoms with Crippen molar-refractivity contribution in [3.8, 4) is 0 Å². The monoisotopic (exact) mass is 397 g/mol. The number of anilines is 1. The zero-order chi connectivity index (χ0) is 20.4. The lowest BCUT2D eigenvalue weighted by Crippen LogP contribution is -2.57. The molecule has 29 heavy (non-hydrogen) atoms. The van der Waals surface area contributed by atoms with Crippen molar-refractivity contribution in [2.45, 2.75) is 64.3 Å². The van der Waals surface area contributed by atoms with Crippen molar-refractivity contribution in [3.63, 3.8) is 0 Å². The fraction of sp³-hybridized carbons (Fsp3) is 0.667. The summed E-state index contributed by atoms with van der Waals surface area (Å²) in [6.07, 6.45) is 6.82. The molecule has 4 rings (SSSR count). The van der Waals surface area contributed by atoms with Crippen LogP contribution in [0.2, 0.25) is 0 Å². The van der Waals surface area contributed by atoms with E-state index in [9.17, 15) is 9.59 Å². The Bertz CT molecular complexity index is 712. The molecule has 0 radical (unpaired) electrons.